The second-order valence-electron chi connectivity index (χ2n) is 11.7. The number of carbonyl (C=O) groups excluding carboxylic acids is 4. The molecule has 0 saturated carbocycles. The number of hydrogen-bond donors (Lipinski definition) is 4. The number of rotatable bonds is 14. The van der Waals surface area contributed by atoms with Crippen molar-refractivity contribution in [1.29, 1.82) is 0 Å². The number of halogens is 1. The molecule has 0 aliphatic heterocycles. The van der Waals surface area contributed by atoms with E-state index in [1.807, 2.05) is 0 Å². The van der Waals surface area contributed by atoms with Crippen LogP contribution in [0.1, 0.15) is 89.0 Å². The molecule has 0 aromatic heterocycles. The van der Waals surface area contributed by atoms with Crippen molar-refractivity contribution < 1.29 is 29.0 Å². The molecule has 43 heavy (non-hydrogen) atoms. The molecule has 0 radical (unpaired) electrons. The molecule has 2 aromatic carbocycles. The number of phenolic OH excluding ortho intramolecular Hbond substituents is 1. The number of nitrogens with one attached hydrogen (secondary N) is 2. The van der Waals surface area contributed by atoms with Gasteiger partial charge in [-0.1, -0.05) is 56.0 Å². The van der Waals surface area contributed by atoms with Crippen LogP contribution in [0.3, 0.4) is 0 Å². The van der Waals surface area contributed by atoms with Crippen molar-refractivity contribution in [2.24, 2.45) is 5.73 Å². The molecule has 4 amide bonds. The molecule has 0 bridgehead atoms. The van der Waals surface area contributed by atoms with Crippen molar-refractivity contribution in [2.75, 3.05) is 11.9 Å². The van der Waals surface area contributed by atoms with Gasteiger partial charge >= 0.3 is 6.09 Å². The zero-order valence-electron chi connectivity index (χ0n) is 26.0. The molecule has 0 heterocycles. The maximum absolute atomic E-state index is 14.3. The summed E-state index contributed by atoms with van der Waals surface area (Å²) in [6.07, 6.45) is 2.17. The van der Waals surface area contributed by atoms with Gasteiger partial charge in [0.05, 0.1) is 10.7 Å². The zero-order valence-corrected chi connectivity index (χ0v) is 26.7. The monoisotopic (exact) mass is 616 g/mol. The number of para-hydroxylation sites is 1. The van der Waals surface area contributed by atoms with Crippen molar-refractivity contribution in [3.8, 4) is 5.75 Å². The molecule has 0 aliphatic rings. The lowest BCUT2D eigenvalue weighted by atomic mass is 9.98. The fraction of sp³-hybridized carbons (Fsp3) is 0.500. The van der Waals surface area contributed by atoms with Gasteiger partial charge in [0.1, 0.15) is 23.4 Å². The third kappa shape index (κ3) is 11.1. The number of primary amides is 1. The number of alkyl carbamates (subject to hydrolysis) is 1. The quantitative estimate of drug-likeness (QED) is 0.194. The molecule has 2 rings (SSSR count). The van der Waals surface area contributed by atoms with Crippen LogP contribution in [0, 0.1) is 13.8 Å². The third-order valence-corrected chi connectivity index (χ3v) is 7.09. The fourth-order valence-electron chi connectivity index (χ4n) is 4.57. The lowest BCUT2D eigenvalue weighted by Gasteiger charge is -2.35. The van der Waals surface area contributed by atoms with E-state index in [-0.39, 0.29) is 25.1 Å². The summed E-state index contributed by atoms with van der Waals surface area (Å²) in [5, 5.41) is 16.0. The number of nitrogens with zero attached hydrogens (tertiary/aromatic N) is 1. The molecule has 236 valence electrons. The van der Waals surface area contributed by atoms with Crippen LogP contribution in [0.5, 0.6) is 5.75 Å². The number of carbonyl (C=O) groups is 4. The number of ether oxygens (including phenoxy) is 1. The topological polar surface area (TPSA) is 151 Å². The van der Waals surface area contributed by atoms with E-state index in [1.54, 1.807) is 65.0 Å². The Labute approximate surface area is 259 Å². The van der Waals surface area contributed by atoms with Crippen LogP contribution in [-0.4, -0.2) is 52.0 Å². The molecule has 11 heteroatoms. The fourth-order valence-corrected chi connectivity index (χ4v) is 4.84. The van der Waals surface area contributed by atoms with E-state index in [0.29, 0.717) is 28.3 Å². The molecule has 2 aromatic rings. The Bertz CT molecular complexity index is 1270. The Balaban J connectivity index is 2.63. The minimum Gasteiger partial charge on any atom is -0.508 e. The van der Waals surface area contributed by atoms with Gasteiger partial charge < -0.3 is 31.1 Å². The average Bonchev–Trinajstić information content (AvgIpc) is 2.90. The summed E-state index contributed by atoms with van der Waals surface area (Å²) in [6.45, 7) is 10.8. The van der Waals surface area contributed by atoms with Gasteiger partial charge in [0.2, 0.25) is 11.8 Å². The highest BCUT2D eigenvalue weighted by Crippen LogP contribution is 2.31. The van der Waals surface area contributed by atoms with E-state index in [9.17, 15) is 24.3 Å². The number of aryl methyl sites for hydroxylation is 2. The summed E-state index contributed by atoms with van der Waals surface area (Å²) in [6, 6.07) is 7.55. The number of unbranched alkanes of at least 4 members (excludes halogenated alkanes) is 3. The molecule has 2 atom stereocenters. The zero-order chi connectivity index (χ0) is 32.3. The van der Waals surface area contributed by atoms with Gasteiger partial charge in [-0.3, -0.25) is 14.4 Å². The van der Waals surface area contributed by atoms with Crippen molar-refractivity contribution >= 4 is 41.1 Å². The minimum absolute atomic E-state index is 0.0385. The first kappa shape index (κ1) is 35.4. The summed E-state index contributed by atoms with van der Waals surface area (Å²) in [5.41, 5.74) is 6.67. The molecule has 10 nitrogen and oxygen atoms in total. The lowest BCUT2D eigenvalue weighted by Crippen LogP contribution is -2.53. The van der Waals surface area contributed by atoms with Gasteiger partial charge in [0.15, 0.2) is 0 Å². The standard InChI is InChI=1S/C32H45ClN4O6/c1-7-8-9-10-18-37(30(41)24(15-17-26(34)39)35-31(42)43-32(4,5)6)28(22-14-16-25(38)21(3)19-22)29(40)36-27-20(2)12-11-13-23(27)33/h11-14,16,19,24,28,38H,7-10,15,17-18H2,1-6H3,(H2,34,39)(H,35,42)(H,36,40). The first-order chi connectivity index (χ1) is 20.1. The number of nitrogens with two attached hydrogens (primary N) is 1. The predicted molar refractivity (Wildman–Crippen MR) is 168 cm³/mol. The van der Waals surface area contributed by atoms with Gasteiger partial charge in [0, 0.05) is 13.0 Å². The van der Waals surface area contributed by atoms with Crippen LogP contribution >= 0.6 is 11.6 Å². The number of benzene rings is 2. The smallest absolute Gasteiger partial charge is 0.408 e. The lowest BCUT2D eigenvalue weighted by molar-refractivity contribution is -0.141. The highest BCUT2D eigenvalue weighted by Gasteiger charge is 2.36. The van der Waals surface area contributed by atoms with E-state index in [2.05, 4.69) is 17.6 Å². The van der Waals surface area contributed by atoms with Gasteiger partial charge in [-0.2, -0.15) is 0 Å². The van der Waals surface area contributed by atoms with E-state index in [4.69, 9.17) is 22.1 Å². The third-order valence-electron chi connectivity index (χ3n) is 6.77. The Kier molecular flexibility index (Phi) is 13.3. The number of hydrogen-bond acceptors (Lipinski definition) is 6. The molecular weight excluding hydrogens is 572 g/mol. The number of anilines is 1. The summed E-state index contributed by atoms with van der Waals surface area (Å²) >= 11 is 6.43. The largest absolute Gasteiger partial charge is 0.508 e. The Morgan fingerprint density at radius 3 is 2.33 bits per heavy atom. The highest BCUT2D eigenvalue weighted by molar-refractivity contribution is 6.34. The summed E-state index contributed by atoms with van der Waals surface area (Å²) in [7, 11) is 0. The van der Waals surface area contributed by atoms with E-state index in [1.165, 1.54) is 11.0 Å². The SMILES string of the molecule is CCCCCCN(C(=O)C(CCC(N)=O)NC(=O)OC(C)(C)C)C(C(=O)Nc1c(C)cccc1Cl)c1ccc(O)c(C)c1. The van der Waals surface area contributed by atoms with Gasteiger partial charge in [-0.05, 0) is 82.3 Å². The summed E-state index contributed by atoms with van der Waals surface area (Å²) < 4.78 is 5.39. The Hall–Kier alpha value is -3.79. The van der Waals surface area contributed by atoms with E-state index >= 15 is 0 Å². The van der Waals surface area contributed by atoms with Crippen molar-refractivity contribution in [1.82, 2.24) is 10.2 Å². The maximum atomic E-state index is 14.3. The molecule has 2 unspecified atom stereocenters. The normalized spacial score (nSPS) is 12.6. The van der Waals surface area contributed by atoms with Crippen molar-refractivity contribution in [3.63, 3.8) is 0 Å². The van der Waals surface area contributed by atoms with E-state index < -0.39 is 41.5 Å². The first-order valence-corrected chi connectivity index (χ1v) is 15.0. The molecular formula is C32H45ClN4O6. The van der Waals surface area contributed by atoms with Crippen LogP contribution in [0.2, 0.25) is 5.02 Å². The molecule has 0 fully saturated rings. The van der Waals surface area contributed by atoms with Crippen LogP contribution in [-0.2, 0) is 19.1 Å². The van der Waals surface area contributed by atoms with Gasteiger partial charge in [-0.25, -0.2) is 4.79 Å². The van der Waals surface area contributed by atoms with Crippen LogP contribution < -0.4 is 16.4 Å². The second kappa shape index (κ2) is 16.2. The number of aromatic hydroxyl groups is 1. The molecule has 0 spiro atoms. The summed E-state index contributed by atoms with van der Waals surface area (Å²) in [5.74, 6) is -1.71. The number of phenols is 1. The van der Waals surface area contributed by atoms with Crippen molar-refractivity contribution in [2.45, 2.75) is 97.8 Å². The molecule has 0 saturated heterocycles. The summed E-state index contributed by atoms with van der Waals surface area (Å²) in [4.78, 5) is 54.3. The first-order valence-electron chi connectivity index (χ1n) is 14.6. The van der Waals surface area contributed by atoms with Gasteiger partial charge in [0.25, 0.3) is 5.91 Å². The molecule has 0 aliphatic carbocycles. The predicted octanol–water partition coefficient (Wildman–Crippen LogP) is 5.91. The molecule has 5 N–H and O–H groups in total. The Morgan fingerprint density at radius 1 is 1.05 bits per heavy atom. The van der Waals surface area contributed by atoms with Crippen LogP contribution in [0.4, 0.5) is 10.5 Å². The van der Waals surface area contributed by atoms with Crippen LogP contribution in [0.25, 0.3) is 0 Å². The van der Waals surface area contributed by atoms with Crippen LogP contribution in [0.15, 0.2) is 36.4 Å². The number of amides is 4. The Morgan fingerprint density at radius 2 is 1.74 bits per heavy atom. The van der Waals surface area contributed by atoms with E-state index in [0.717, 1.165) is 24.8 Å². The maximum Gasteiger partial charge on any atom is 0.408 e. The minimum atomic E-state index is -1.20. The highest BCUT2D eigenvalue weighted by atomic mass is 35.5. The van der Waals surface area contributed by atoms with Gasteiger partial charge in [-0.15, -0.1) is 0 Å². The second-order valence-corrected chi connectivity index (χ2v) is 12.1. The van der Waals surface area contributed by atoms with Crippen molar-refractivity contribution in [3.05, 3.63) is 58.1 Å². The average molecular weight is 617 g/mol.